The highest BCUT2D eigenvalue weighted by Gasteiger charge is 2.35. The van der Waals surface area contributed by atoms with Gasteiger partial charge >= 0.3 is 0 Å². The Bertz CT molecular complexity index is 305. The lowest BCUT2D eigenvalue weighted by atomic mass is 9.89. The molecule has 0 radical (unpaired) electrons. The number of nitrogens with zero attached hydrogens (tertiary/aromatic N) is 1. The summed E-state index contributed by atoms with van der Waals surface area (Å²) in [5.41, 5.74) is -0.336. The molecule has 0 saturated carbocycles. The first-order valence-electron chi connectivity index (χ1n) is 8.42. The van der Waals surface area contributed by atoms with Crippen molar-refractivity contribution >= 4 is 5.91 Å². The van der Waals surface area contributed by atoms with E-state index < -0.39 is 0 Å². The van der Waals surface area contributed by atoms with Gasteiger partial charge in [0, 0.05) is 19.1 Å². The topological polar surface area (TPSA) is 44.4 Å². The van der Waals surface area contributed by atoms with Gasteiger partial charge in [0.2, 0.25) is 5.91 Å². The van der Waals surface area contributed by atoms with Gasteiger partial charge in [-0.05, 0) is 58.5 Å². The van der Waals surface area contributed by atoms with Crippen LogP contribution in [0.1, 0.15) is 58.8 Å². The molecule has 2 saturated heterocycles. The van der Waals surface area contributed by atoms with Crippen molar-refractivity contribution < 1.29 is 4.79 Å². The smallest absolute Gasteiger partial charge is 0.240 e. The molecule has 4 nitrogen and oxygen atoms in total. The predicted molar refractivity (Wildman–Crippen MR) is 82.8 cm³/mol. The number of nitrogens with one attached hydrogen (secondary N) is 2. The van der Waals surface area contributed by atoms with E-state index in [9.17, 15) is 4.79 Å². The monoisotopic (exact) mass is 281 g/mol. The van der Waals surface area contributed by atoms with Gasteiger partial charge in [-0.1, -0.05) is 13.3 Å². The molecule has 2 N–H and O–H groups in total. The second-order valence-corrected chi connectivity index (χ2v) is 6.66. The summed E-state index contributed by atoms with van der Waals surface area (Å²) in [4.78, 5) is 15.0. The van der Waals surface area contributed by atoms with Gasteiger partial charge in [0.05, 0.1) is 5.54 Å². The molecular weight excluding hydrogens is 250 g/mol. The number of likely N-dealkylation sites (tertiary alicyclic amines) is 1. The SMILES string of the molecule is CCCCN1CCC(NC(=O)C2(C)CCCCN2)CC1. The van der Waals surface area contributed by atoms with E-state index in [2.05, 4.69) is 29.4 Å². The molecule has 20 heavy (non-hydrogen) atoms. The molecule has 2 heterocycles. The van der Waals surface area contributed by atoms with E-state index in [1.165, 1.54) is 25.8 Å². The lowest BCUT2D eigenvalue weighted by Gasteiger charge is -2.37. The van der Waals surface area contributed by atoms with Crippen molar-refractivity contribution in [1.29, 1.82) is 0 Å². The Morgan fingerprint density at radius 2 is 2.10 bits per heavy atom. The first kappa shape index (κ1) is 15.8. The molecule has 0 aliphatic carbocycles. The molecule has 4 heteroatoms. The zero-order valence-electron chi connectivity index (χ0n) is 13.2. The van der Waals surface area contributed by atoms with Crippen LogP contribution in [0.25, 0.3) is 0 Å². The third-order valence-corrected chi connectivity index (χ3v) is 4.87. The zero-order chi connectivity index (χ0) is 14.4. The molecular formula is C16H31N3O. The van der Waals surface area contributed by atoms with E-state index in [1.807, 2.05) is 0 Å². The molecule has 0 aromatic rings. The Morgan fingerprint density at radius 1 is 1.35 bits per heavy atom. The highest BCUT2D eigenvalue weighted by atomic mass is 16.2. The van der Waals surface area contributed by atoms with Gasteiger partial charge in [0.25, 0.3) is 0 Å². The van der Waals surface area contributed by atoms with Crippen LogP contribution in [-0.4, -0.2) is 48.6 Å². The number of piperidine rings is 2. The van der Waals surface area contributed by atoms with Gasteiger partial charge in [0.1, 0.15) is 0 Å². The summed E-state index contributed by atoms with van der Waals surface area (Å²) < 4.78 is 0. The van der Waals surface area contributed by atoms with Crippen LogP contribution in [0.3, 0.4) is 0 Å². The maximum atomic E-state index is 12.5. The molecule has 2 aliphatic heterocycles. The average Bonchev–Trinajstić information content (AvgIpc) is 2.47. The summed E-state index contributed by atoms with van der Waals surface area (Å²) in [5.74, 6) is 0.212. The Hall–Kier alpha value is -0.610. The van der Waals surface area contributed by atoms with Crippen LogP contribution in [0.5, 0.6) is 0 Å². The fourth-order valence-electron chi connectivity index (χ4n) is 3.28. The number of hydrogen-bond donors (Lipinski definition) is 2. The molecule has 0 aromatic heterocycles. The quantitative estimate of drug-likeness (QED) is 0.809. The Balaban J connectivity index is 1.73. The first-order chi connectivity index (χ1) is 9.64. The Kier molecular flexibility index (Phi) is 5.85. The number of rotatable bonds is 5. The lowest BCUT2D eigenvalue weighted by molar-refractivity contribution is -0.129. The second kappa shape index (κ2) is 7.41. The van der Waals surface area contributed by atoms with Gasteiger partial charge in [-0.2, -0.15) is 0 Å². The summed E-state index contributed by atoms with van der Waals surface area (Å²) in [7, 11) is 0. The summed E-state index contributed by atoms with van der Waals surface area (Å²) in [6.45, 7) is 8.75. The van der Waals surface area contributed by atoms with Crippen molar-refractivity contribution in [2.75, 3.05) is 26.2 Å². The van der Waals surface area contributed by atoms with E-state index in [0.717, 1.165) is 45.3 Å². The molecule has 2 aliphatic rings. The van der Waals surface area contributed by atoms with E-state index >= 15 is 0 Å². The molecule has 1 unspecified atom stereocenters. The number of unbranched alkanes of at least 4 members (excludes halogenated alkanes) is 1. The lowest BCUT2D eigenvalue weighted by Crippen LogP contribution is -2.59. The van der Waals surface area contributed by atoms with Crippen molar-refractivity contribution in [2.24, 2.45) is 0 Å². The normalized spacial score (nSPS) is 29.3. The van der Waals surface area contributed by atoms with Gasteiger partial charge < -0.3 is 15.5 Å². The van der Waals surface area contributed by atoms with Crippen LogP contribution < -0.4 is 10.6 Å². The van der Waals surface area contributed by atoms with E-state index in [1.54, 1.807) is 0 Å². The van der Waals surface area contributed by atoms with Gasteiger partial charge in [0.15, 0.2) is 0 Å². The minimum atomic E-state index is -0.336. The molecule has 2 fully saturated rings. The summed E-state index contributed by atoms with van der Waals surface area (Å²) >= 11 is 0. The minimum absolute atomic E-state index is 0.212. The number of carbonyl (C=O) groups excluding carboxylic acids is 1. The third kappa shape index (κ3) is 4.19. The molecule has 0 bridgehead atoms. The zero-order valence-corrected chi connectivity index (χ0v) is 13.2. The summed E-state index contributed by atoms with van der Waals surface area (Å²) in [6.07, 6.45) is 8.08. The highest BCUT2D eigenvalue weighted by Crippen LogP contribution is 2.20. The third-order valence-electron chi connectivity index (χ3n) is 4.87. The summed E-state index contributed by atoms with van der Waals surface area (Å²) in [6, 6.07) is 0.376. The Morgan fingerprint density at radius 3 is 2.70 bits per heavy atom. The first-order valence-corrected chi connectivity index (χ1v) is 8.42. The molecule has 1 atom stereocenters. The van der Waals surface area contributed by atoms with Crippen LogP contribution in [0, 0.1) is 0 Å². The fraction of sp³-hybridized carbons (Fsp3) is 0.938. The number of carbonyl (C=O) groups is 1. The van der Waals surface area contributed by atoms with Crippen molar-refractivity contribution in [3.8, 4) is 0 Å². The van der Waals surface area contributed by atoms with Crippen LogP contribution >= 0.6 is 0 Å². The van der Waals surface area contributed by atoms with Gasteiger partial charge in [-0.15, -0.1) is 0 Å². The minimum Gasteiger partial charge on any atom is -0.352 e. The molecule has 2 rings (SSSR count). The molecule has 116 valence electrons. The fourth-order valence-corrected chi connectivity index (χ4v) is 3.28. The average molecular weight is 281 g/mol. The Labute approximate surface area is 123 Å². The molecule has 0 spiro atoms. The van der Waals surface area contributed by atoms with E-state index in [0.29, 0.717) is 6.04 Å². The van der Waals surface area contributed by atoms with Crippen LogP contribution in [-0.2, 0) is 4.79 Å². The van der Waals surface area contributed by atoms with Crippen molar-refractivity contribution in [3.05, 3.63) is 0 Å². The van der Waals surface area contributed by atoms with E-state index in [-0.39, 0.29) is 11.4 Å². The van der Waals surface area contributed by atoms with Crippen molar-refractivity contribution in [2.45, 2.75) is 70.4 Å². The van der Waals surface area contributed by atoms with Crippen LogP contribution in [0.2, 0.25) is 0 Å². The van der Waals surface area contributed by atoms with Crippen LogP contribution in [0.15, 0.2) is 0 Å². The maximum Gasteiger partial charge on any atom is 0.240 e. The standard InChI is InChI=1S/C16H31N3O/c1-3-4-11-19-12-7-14(8-13-19)18-15(20)16(2)9-5-6-10-17-16/h14,17H,3-13H2,1-2H3,(H,18,20). The molecule has 1 amide bonds. The number of amides is 1. The summed E-state index contributed by atoms with van der Waals surface area (Å²) in [5, 5.41) is 6.68. The van der Waals surface area contributed by atoms with Crippen molar-refractivity contribution in [1.82, 2.24) is 15.5 Å². The van der Waals surface area contributed by atoms with Crippen molar-refractivity contribution in [3.63, 3.8) is 0 Å². The highest BCUT2D eigenvalue weighted by molar-refractivity contribution is 5.86. The van der Waals surface area contributed by atoms with Gasteiger partial charge in [-0.25, -0.2) is 0 Å². The second-order valence-electron chi connectivity index (χ2n) is 6.66. The van der Waals surface area contributed by atoms with Gasteiger partial charge in [-0.3, -0.25) is 4.79 Å². The van der Waals surface area contributed by atoms with Crippen LogP contribution in [0.4, 0.5) is 0 Å². The maximum absolute atomic E-state index is 12.5. The predicted octanol–water partition coefficient (Wildman–Crippen LogP) is 1.90. The van der Waals surface area contributed by atoms with E-state index in [4.69, 9.17) is 0 Å². The largest absolute Gasteiger partial charge is 0.352 e. The molecule has 0 aromatic carbocycles. The number of hydrogen-bond acceptors (Lipinski definition) is 3.